The number of fused-ring (bicyclic) bond motifs is 2. The number of hydrazone groups is 1. The summed E-state index contributed by atoms with van der Waals surface area (Å²) in [7, 11) is 1.94. The van der Waals surface area contributed by atoms with Gasteiger partial charge in [0.2, 0.25) is 12.1 Å². The molecule has 0 spiro atoms. The van der Waals surface area contributed by atoms with Gasteiger partial charge in [-0.2, -0.15) is 0 Å². The van der Waals surface area contributed by atoms with Crippen molar-refractivity contribution in [2.45, 2.75) is 6.92 Å². The molecule has 0 atom stereocenters. The van der Waals surface area contributed by atoms with Crippen LogP contribution < -0.4 is 10.1 Å². The number of nitrogens with zero attached hydrogens (tertiary/aromatic N) is 4. The Bertz CT molecular complexity index is 936. The SMILES string of the molecule is CC(=O)Nc1ccc2c(c1)OCC1=CC(c3cncn3C)=N[N+]1=C2. The number of carbonyl (C=O) groups excluding carboxylic acids is 1. The summed E-state index contributed by atoms with van der Waals surface area (Å²) in [6.45, 7) is 1.88. The number of anilines is 1. The maximum atomic E-state index is 11.2. The number of rotatable bonds is 2. The third kappa shape index (κ3) is 2.50. The van der Waals surface area contributed by atoms with E-state index in [-0.39, 0.29) is 5.91 Å². The van der Waals surface area contributed by atoms with Crippen molar-refractivity contribution in [3.8, 4) is 5.75 Å². The molecule has 2 aliphatic rings. The molecule has 24 heavy (non-hydrogen) atoms. The Hall–Kier alpha value is -3.22. The average Bonchev–Trinajstić information content (AvgIpc) is 3.09. The molecule has 2 aromatic rings. The van der Waals surface area contributed by atoms with E-state index in [0.29, 0.717) is 18.0 Å². The van der Waals surface area contributed by atoms with Gasteiger partial charge in [-0.05, 0) is 12.1 Å². The highest BCUT2D eigenvalue weighted by Gasteiger charge is 2.29. The van der Waals surface area contributed by atoms with Crippen molar-refractivity contribution >= 4 is 23.5 Å². The van der Waals surface area contributed by atoms with Crippen LogP contribution in [-0.4, -0.2) is 38.7 Å². The van der Waals surface area contributed by atoms with E-state index >= 15 is 0 Å². The maximum Gasteiger partial charge on any atom is 0.254 e. The van der Waals surface area contributed by atoms with Crippen LogP contribution in [0.2, 0.25) is 0 Å². The summed E-state index contributed by atoms with van der Waals surface area (Å²) in [4.78, 5) is 15.3. The van der Waals surface area contributed by atoms with Crippen LogP contribution in [0.3, 0.4) is 0 Å². The number of allylic oxidation sites excluding steroid dienone is 1. The van der Waals surface area contributed by atoms with Gasteiger partial charge in [-0.3, -0.25) is 4.79 Å². The van der Waals surface area contributed by atoms with Crippen LogP contribution in [0.5, 0.6) is 5.75 Å². The second-order valence-corrected chi connectivity index (χ2v) is 5.71. The van der Waals surface area contributed by atoms with E-state index in [2.05, 4.69) is 15.4 Å². The number of amides is 1. The molecule has 2 aliphatic heterocycles. The van der Waals surface area contributed by atoms with Gasteiger partial charge >= 0.3 is 0 Å². The van der Waals surface area contributed by atoms with E-state index in [0.717, 1.165) is 22.7 Å². The number of aryl methyl sites for hydroxylation is 1. The van der Waals surface area contributed by atoms with Crippen molar-refractivity contribution in [2.24, 2.45) is 12.1 Å². The third-order valence-corrected chi connectivity index (χ3v) is 3.86. The highest BCUT2D eigenvalue weighted by molar-refractivity contribution is 6.08. The lowest BCUT2D eigenvalue weighted by atomic mass is 10.2. The van der Waals surface area contributed by atoms with Crippen molar-refractivity contribution in [3.63, 3.8) is 0 Å². The summed E-state index contributed by atoms with van der Waals surface area (Å²) < 4.78 is 9.65. The number of hydrogen-bond acceptors (Lipinski definition) is 4. The van der Waals surface area contributed by atoms with Crippen LogP contribution in [0.4, 0.5) is 5.69 Å². The van der Waals surface area contributed by atoms with Crippen LogP contribution in [0, 0.1) is 0 Å². The number of imidazole rings is 1. The molecule has 0 radical (unpaired) electrons. The van der Waals surface area contributed by atoms with Gasteiger partial charge in [0.15, 0.2) is 12.3 Å². The summed E-state index contributed by atoms with van der Waals surface area (Å²) >= 11 is 0. The van der Waals surface area contributed by atoms with Gasteiger partial charge in [0.05, 0.1) is 23.8 Å². The van der Waals surface area contributed by atoms with Crippen LogP contribution in [-0.2, 0) is 11.8 Å². The molecular weight excluding hydrogens is 306 g/mol. The van der Waals surface area contributed by atoms with Crippen LogP contribution in [0.25, 0.3) is 0 Å². The molecule has 1 N–H and O–H groups in total. The van der Waals surface area contributed by atoms with E-state index in [9.17, 15) is 4.79 Å². The largest absolute Gasteiger partial charge is 0.482 e. The van der Waals surface area contributed by atoms with E-state index < -0.39 is 0 Å². The van der Waals surface area contributed by atoms with Gasteiger partial charge in [-0.25, -0.2) is 4.98 Å². The first-order valence-corrected chi connectivity index (χ1v) is 7.54. The molecule has 0 aliphatic carbocycles. The number of benzene rings is 1. The number of ether oxygens (including phenoxy) is 1. The molecular formula is C17H16N5O2+. The van der Waals surface area contributed by atoms with Gasteiger partial charge in [-0.1, -0.05) is 4.68 Å². The lowest BCUT2D eigenvalue weighted by molar-refractivity contribution is -0.475. The maximum absolute atomic E-state index is 11.2. The van der Waals surface area contributed by atoms with Crippen LogP contribution in [0.15, 0.2) is 47.6 Å². The molecule has 120 valence electrons. The van der Waals surface area contributed by atoms with Crippen LogP contribution >= 0.6 is 0 Å². The highest BCUT2D eigenvalue weighted by Crippen LogP contribution is 2.26. The summed E-state index contributed by atoms with van der Waals surface area (Å²) in [5.74, 6) is 0.607. The second kappa shape index (κ2) is 5.45. The molecule has 1 amide bonds. The third-order valence-electron chi connectivity index (χ3n) is 3.86. The minimum Gasteiger partial charge on any atom is -0.482 e. The number of carbonyl (C=O) groups is 1. The topological polar surface area (TPSA) is 71.5 Å². The Balaban J connectivity index is 1.70. The van der Waals surface area contributed by atoms with E-state index in [1.165, 1.54) is 6.92 Å². The average molecular weight is 322 g/mol. The summed E-state index contributed by atoms with van der Waals surface area (Å²) in [5.41, 5.74) is 4.36. The van der Waals surface area contributed by atoms with Gasteiger partial charge in [0.1, 0.15) is 5.75 Å². The highest BCUT2D eigenvalue weighted by atomic mass is 16.5. The lowest BCUT2D eigenvalue weighted by Gasteiger charge is -2.07. The molecule has 0 unspecified atom stereocenters. The van der Waals surface area contributed by atoms with Gasteiger partial charge < -0.3 is 14.6 Å². The molecule has 4 rings (SSSR count). The van der Waals surface area contributed by atoms with E-state index in [1.807, 2.05) is 46.8 Å². The fourth-order valence-corrected chi connectivity index (χ4v) is 2.71. The Morgan fingerprint density at radius 3 is 3.04 bits per heavy atom. The Labute approximate surface area is 138 Å². The van der Waals surface area contributed by atoms with Crippen molar-refractivity contribution in [3.05, 3.63) is 53.8 Å². The smallest absolute Gasteiger partial charge is 0.254 e. The lowest BCUT2D eigenvalue weighted by Crippen LogP contribution is -2.07. The van der Waals surface area contributed by atoms with Crippen molar-refractivity contribution < 1.29 is 14.2 Å². The van der Waals surface area contributed by atoms with Crippen LogP contribution in [0.1, 0.15) is 18.2 Å². The molecule has 0 saturated heterocycles. The molecule has 1 aromatic carbocycles. The van der Waals surface area contributed by atoms with Gasteiger partial charge in [-0.15, -0.1) is 0 Å². The quantitative estimate of drug-likeness (QED) is 0.852. The van der Waals surface area contributed by atoms with E-state index in [4.69, 9.17) is 4.74 Å². The summed E-state index contributed by atoms with van der Waals surface area (Å²) in [5, 5.41) is 7.39. The van der Waals surface area contributed by atoms with Crippen molar-refractivity contribution in [2.75, 3.05) is 11.9 Å². The fraction of sp³-hybridized carbons (Fsp3) is 0.176. The Kier molecular flexibility index (Phi) is 3.26. The fourth-order valence-electron chi connectivity index (χ4n) is 2.71. The normalized spacial score (nSPS) is 15.3. The minimum absolute atomic E-state index is 0.110. The van der Waals surface area contributed by atoms with Gasteiger partial charge in [0.25, 0.3) is 5.70 Å². The second-order valence-electron chi connectivity index (χ2n) is 5.71. The van der Waals surface area contributed by atoms with Crippen molar-refractivity contribution in [1.82, 2.24) is 9.55 Å². The molecule has 7 nitrogen and oxygen atoms in total. The minimum atomic E-state index is -0.110. The van der Waals surface area contributed by atoms with Gasteiger partial charge in [0, 0.05) is 36.9 Å². The Morgan fingerprint density at radius 2 is 2.29 bits per heavy atom. The molecule has 0 saturated carbocycles. The molecule has 1 aromatic heterocycles. The number of hydrogen-bond donors (Lipinski definition) is 1. The monoisotopic (exact) mass is 322 g/mol. The standard InChI is InChI=1S/C17H15N5O2/c1-11(23)19-13-4-3-12-8-22-14(9-24-17(12)5-13)6-15(20-22)16-7-18-10-21(16)2/h3-8,10H,9H2,1-2H3/p+1. The first-order valence-electron chi connectivity index (χ1n) is 7.54. The predicted octanol–water partition coefficient (Wildman–Crippen LogP) is 1.50. The first-order chi connectivity index (χ1) is 11.6. The molecule has 7 heteroatoms. The van der Waals surface area contributed by atoms with Crippen molar-refractivity contribution in [1.29, 1.82) is 0 Å². The number of nitrogens with one attached hydrogen (secondary N) is 1. The molecule has 3 heterocycles. The predicted molar refractivity (Wildman–Crippen MR) is 89.5 cm³/mol. The van der Waals surface area contributed by atoms with E-state index in [1.54, 1.807) is 12.5 Å². The molecule has 0 fully saturated rings. The summed E-state index contributed by atoms with van der Waals surface area (Å²) in [6, 6.07) is 5.57. The first kappa shape index (κ1) is 14.4. The zero-order valence-corrected chi connectivity index (χ0v) is 13.4. The Morgan fingerprint density at radius 1 is 1.42 bits per heavy atom. The zero-order valence-electron chi connectivity index (χ0n) is 13.4. The molecule has 0 bridgehead atoms. The zero-order chi connectivity index (χ0) is 16.7. The number of aromatic nitrogens is 2. The summed E-state index contributed by atoms with van der Waals surface area (Å²) in [6.07, 6.45) is 7.46.